The maximum absolute atomic E-state index is 11.3. The summed E-state index contributed by atoms with van der Waals surface area (Å²) in [6.07, 6.45) is -0.375. The van der Waals surface area contributed by atoms with Crippen molar-refractivity contribution in [2.75, 3.05) is 0 Å². The van der Waals surface area contributed by atoms with Crippen LogP contribution in [-0.2, 0) is 19.1 Å². The number of carboxylic acid groups (broad SMARTS) is 2. The van der Waals surface area contributed by atoms with Gasteiger partial charge in [-0.1, -0.05) is 20.8 Å². The molecular formula is C14H20O6. The molecule has 1 aliphatic heterocycles. The summed E-state index contributed by atoms with van der Waals surface area (Å²) in [6.45, 7) is 6.30. The van der Waals surface area contributed by atoms with Gasteiger partial charge in [0.1, 0.15) is 0 Å². The number of carbonyl (C=O) groups is 2. The van der Waals surface area contributed by atoms with E-state index >= 15 is 0 Å². The molecule has 4 atom stereocenters. The molecule has 3 rings (SSSR count). The van der Waals surface area contributed by atoms with Crippen LogP contribution in [-0.4, -0.2) is 40.1 Å². The molecule has 6 nitrogen and oxygen atoms in total. The van der Waals surface area contributed by atoms with Gasteiger partial charge in [0, 0.05) is 11.8 Å². The Labute approximate surface area is 117 Å². The molecule has 1 saturated heterocycles. The Balaban J connectivity index is 2.00. The highest BCUT2D eigenvalue weighted by Gasteiger charge is 2.74. The number of carboxylic acids is 2. The average molecular weight is 284 g/mol. The molecule has 1 spiro atoms. The van der Waals surface area contributed by atoms with Crippen LogP contribution in [0.1, 0.15) is 40.0 Å². The monoisotopic (exact) mass is 284 g/mol. The summed E-state index contributed by atoms with van der Waals surface area (Å²) in [6, 6.07) is 0. The molecule has 2 saturated carbocycles. The molecule has 1 heterocycles. The Morgan fingerprint density at radius 2 is 1.55 bits per heavy atom. The lowest BCUT2D eigenvalue weighted by Gasteiger charge is -2.44. The Hall–Kier alpha value is -1.14. The quantitative estimate of drug-likeness (QED) is 0.798. The van der Waals surface area contributed by atoms with Crippen molar-refractivity contribution in [3.05, 3.63) is 0 Å². The van der Waals surface area contributed by atoms with Crippen LogP contribution in [0.15, 0.2) is 0 Å². The summed E-state index contributed by atoms with van der Waals surface area (Å²) in [5, 5.41) is 18.4. The Morgan fingerprint density at radius 3 is 1.85 bits per heavy atom. The van der Waals surface area contributed by atoms with Gasteiger partial charge in [-0.15, -0.1) is 0 Å². The molecule has 4 unspecified atom stereocenters. The third-order valence-corrected chi connectivity index (χ3v) is 6.19. The van der Waals surface area contributed by atoms with Gasteiger partial charge in [-0.2, -0.15) is 0 Å². The van der Waals surface area contributed by atoms with Gasteiger partial charge in [0.2, 0.25) is 0 Å². The molecule has 112 valence electrons. The average Bonchev–Trinajstić information content (AvgIpc) is 2.87. The van der Waals surface area contributed by atoms with Crippen LogP contribution in [0.25, 0.3) is 0 Å². The van der Waals surface area contributed by atoms with E-state index in [0.717, 1.165) is 12.8 Å². The van der Waals surface area contributed by atoms with Gasteiger partial charge in [-0.25, -0.2) is 9.59 Å². The van der Waals surface area contributed by atoms with Crippen molar-refractivity contribution in [1.82, 2.24) is 0 Å². The highest BCUT2D eigenvalue weighted by Crippen LogP contribution is 2.72. The third-order valence-electron chi connectivity index (χ3n) is 6.19. The van der Waals surface area contributed by atoms with Crippen LogP contribution >= 0.6 is 0 Å². The molecule has 2 N–H and O–H groups in total. The van der Waals surface area contributed by atoms with Crippen molar-refractivity contribution >= 4 is 11.9 Å². The standard InChI is InChI=1S/C14H20O6/c1-12(2)7-4-5-13(12,3)14(6-7)19-8(10(15)16)9(20-14)11(17)18/h7-9H,4-6H2,1-3H3,(H,15,16)(H,17,18). The normalized spacial score (nSPS) is 48.9. The molecule has 3 aliphatic rings. The van der Waals surface area contributed by atoms with E-state index in [4.69, 9.17) is 9.47 Å². The number of aliphatic carboxylic acids is 2. The van der Waals surface area contributed by atoms with Crippen molar-refractivity contribution < 1.29 is 29.3 Å². The minimum absolute atomic E-state index is 0.0521. The molecule has 3 fully saturated rings. The molecule has 0 aromatic carbocycles. The zero-order chi connectivity index (χ0) is 14.9. The van der Waals surface area contributed by atoms with Gasteiger partial charge in [0.25, 0.3) is 0 Å². The van der Waals surface area contributed by atoms with Crippen molar-refractivity contribution in [1.29, 1.82) is 0 Å². The van der Waals surface area contributed by atoms with E-state index in [1.807, 2.05) is 6.92 Å². The van der Waals surface area contributed by atoms with Crippen molar-refractivity contribution in [3.8, 4) is 0 Å². The van der Waals surface area contributed by atoms with E-state index in [-0.39, 0.29) is 10.8 Å². The van der Waals surface area contributed by atoms with Crippen LogP contribution in [0.4, 0.5) is 0 Å². The molecule has 20 heavy (non-hydrogen) atoms. The highest BCUT2D eigenvalue weighted by molar-refractivity contribution is 5.84. The largest absolute Gasteiger partial charge is 0.479 e. The Bertz CT molecular complexity index is 462. The Kier molecular flexibility index (Phi) is 2.58. The number of hydrogen-bond donors (Lipinski definition) is 2. The lowest BCUT2D eigenvalue weighted by atomic mass is 9.68. The maximum atomic E-state index is 11.3. The third kappa shape index (κ3) is 1.36. The summed E-state index contributed by atoms with van der Waals surface area (Å²) in [5.41, 5.74) is -0.411. The first-order valence-electron chi connectivity index (χ1n) is 6.96. The second kappa shape index (κ2) is 3.74. The maximum Gasteiger partial charge on any atom is 0.336 e. The molecular weight excluding hydrogens is 264 g/mol. The summed E-state index contributed by atoms with van der Waals surface area (Å²) in [4.78, 5) is 22.5. The zero-order valence-corrected chi connectivity index (χ0v) is 11.9. The zero-order valence-electron chi connectivity index (χ0n) is 11.9. The SMILES string of the molecule is CC1(C)C2CCC1(C)C1(C2)OC(C(=O)O)C(C(=O)O)O1. The summed E-state index contributed by atoms with van der Waals surface area (Å²) in [5.74, 6) is -3.27. The minimum Gasteiger partial charge on any atom is -0.479 e. The smallest absolute Gasteiger partial charge is 0.336 e. The van der Waals surface area contributed by atoms with Gasteiger partial charge < -0.3 is 19.7 Å². The first kappa shape index (κ1) is 13.8. The van der Waals surface area contributed by atoms with Crippen LogP contribution in [0.2, 0.25) is 0 Å². The second-order valence-electron chi connectivity index (χ2n) is 7.00. The van der Waals surface area contributed by atoms with E-state index in [2.05, 4.69) is 13.8 Å². The molecule has 0 amide bonds. The second-order valence-corrected chi connectivity index (χ2v) is 7.00. The van der Waals surface area contributed by atoms with Crippen LogP contribution in [0.5, 0.6) is 0 Å². The predicted octanol–water partition coefficient (Wildman–Crippen LogP) is 1.48. The van der Waals surface area contributed by atoms with Gasteiger partial charge in [0.15, 0.2) is 18.0 Å². The first-order chi connectivity index (χ1) is 9.15. The van der Waals surface area contributed by atoms with Crippen molar-refractivity contribution in [2.24, 2.45) is 16.7 Å². The van der Waals surface area contributed by atoms with Gasteiger partial charge in [-0.05, 0) is 24.2 Å². The van der Waals surface area contributed by atoms with Crippen LogP contribution in [0.3, 0.4) is 0 Å². The lowest BCUT2D eigenvalue weighted by Crippen LogP contribution is -2.49. The molecule has 0 aromatic heterocycles. The molecule has 0 radical (unpaired) electrons. The first-order valence-corrected chi connectivity index (χ1v) is 6.96. The van der Waals surface area contributed by atoms with Crippen molar-refractivity contribution in [2.45, 2.75) is 58.0 Å². The minimum atomic E-state index is -1.43. The van der Waals surface area contributed by atoms with E-state index < -0.39 is 29.9 Å². The van der Waals surface area contributed by atoms with Crippen LogP contribution < -0.4 is 0 Å². The number of rotatable bonds is 2. The summed E-state index contributed by atoms with van der Waals surface area (Å²) in [7, 11) is 0. The van der Waals surface area contributed by atoms with E-state index in [1.54, 1.807) is 0 Å². The molecule has 2 bridgehead atoms. The molecule has 2 aliphatic carbocycles. The van der Waals surface area contributed by atoms with Gasteiger partial charge in [-0.3, -0.25) is 0 Å². The van der Waals surface area contributed by atoms with Crippen LogP contribution in [0, 0.1) is 16.7 Å². The number of fused-ring (bicyclic) bond motifs is 3. The van der Waals surface area contributed by atoms with Gasteiger partial charge in [0.05, 0.1) is 0 Å². The Morgan fingerprint density at radius 1 is 1.05 bits per heavy atom. The van der Waals surface area contributed by atoms with E-state index in [9.17, 15) is 19.8 Å². The number of hydrogen-bond acceptors (Lipinski definition) is 4. The number of ether oxygens (including phenoxy) is 2. The van der Waals surface area contributed by atoms with Crippen molar-refractivity contribution in [3.63, 3.8) is 0 Å². The highest BCUT2D eigenvalue weighted by atomic mass is 16.8. The fourth-order valence-corrected chi connectivity index (χ4v) is 4.46. The fourth-order valence-electron chi connectivity index (χ4n) is 4.46. The molecule has 6 heteroatoms. The molecule has 0 aromatic rings. The van der Waals surface area contributed by atoms with Gasteiger partial charge >= 0.3 is 11.9 Å². The van der Waals surface area contributed by atoms with E-state index in [0.29, 0.717) is 12.3 Å². The summed E-state index contributed by atoms with van der Waals surface area (Å²) >= 11 is 0. The summed E-state index contributed by atoms with van der Waals surface area (Å²) < 4.78 is 11.4. The predicted molar refractivity (Wildman–Crippen MR) is 67.0 cm³/mol. The fraction of sp³-hybridized carbons (Fsp3) is 0.857. The topological polar surface area (TPSA) is 93.1 Å². The lowest BCUT2D eigenvalue weighted by molar-refractivity contribution is -0.251. The van der Waals surface area contributed by atoms with E-state index in [1.165, 1.54) is 0 Å².